The number of aromatic nitrogens is 4. The van der Waals surface area contributed by atoms with Gasteiger partial charge >= 0.3 is 0 Å². The third-order valence-electron chi connectivity index (χ3n) is 5.91. The van der Waals surface area contributed by atoms with Crippen LogP contribution in [-0.4, -0.2) is 70.5 Å². The van der Waals surface area contributed by atoms with Gasteiger partial charge in [0.1, 0.15) is 5.82 Å². The molecule has 1 N–H and O–H groups in total. The molecule has 7 heteroatoms. The fourth-order valence-electron chi connectivity index (χ4n) is 3.99. The second-order valence-electron chi connectivity index (χ2n) is 8.05. The molecule has 1 saturated carbocycles. The van der Waals surface area contributed by atoms with Gasteiger partial charge in [-0.25, -0.2) is 0 Å². The van der Waals surface area contributed by atoms with E-state index in [-0.39, 0.29) is 0 Å². The molecule has 2 aromatic rings. The molecule has 2 aliphatic heterocycles. The Morgan fingerprint density at radius 1 is 1.08 bits per heavy atom. The Hall–Kier alpha value is -1.73. The highest BCUT2D eigenvalue weighted by Crippen LogP contribution is 2.38. The minimum Gasteiger partial charge on any atom is -0.354 e. The van der Waals surface area contributed by atoms with Crippen molar-refractivity contribution in [1.82, 2.24) is 30.0 Å². The average molecular weight is 341 g/mol. The Kier molecular flexibility index (Phi) is 3.86. The number of nitrogens with one attached hydrogen (secondary N) is 1. The first-order valence-electron chi connectivity index (χ1n) is 9.65. The van der Waals surface area contributed by atoms with Crippen molar-refractivity contribution in [3.8, 4) is 0 Å². The molecular weight excluding hydrogens is 314 g/mol. The van der Waals surface area contributed by atoms with Gasteiger partial charge in [0.2, 0.25) is 0 Å². The molecule has 2 aromatic heterocycles. The summed E-state index contributed by atoms with van der Waals surface area (Å²) in [5.41, 5.74) is 0.867. The highest BCUT2D eigenvalue weighted by Gasteiger charge is 2.31. The van der Waals surface area contributed by atoms with Crippen molar-refractivity contribution >= 4 is 11.5 Å². The number of anilines is 1. The van der Waals surface area contributed by atoms with Gasteiger partial charge in [-0.1, -0.05) is 0 Å². The lowest BCUT2D eigenvalue weighted by atomic mass is 9.98. The molecule has 25 heavy (non-hydrogen) atoms. The van der Waals surface area contributed by atoms with Gasteiger partial charge in [0.15, 0.2) is 11.5 Å². The van der Waals surface area contributed by atoms with Crippen molar-refractivity contribution in [2.45, 2.75) is 37.6 Å². The Morgan fingerprint density at radius 3 is 2.64 bits per heavy atom. The fraction of sp³-hybridized carbons (Fsp3) is 0.722. The van der Waals surface area contributed by atoms with Crippen LogP contribution in [-0.2, 0) is 0 Å². The third kappa shape index (κ3) is 3.11. The minimum atomic E-state index is 0.570. The van der Waals surface area contributed by atoms with Crippen LogP contribution >= 0.6 is 0 Å². The van der Waals surface area contributed by atoms with Crippen LogP contribution in [0.5, 0.6) is 0 Å². The van der Waals surface area contributed by atoms with Gasteiger partial charge in [0.25, 0.3) is 0 Å². The van der Waals surface area contributed by atoms with Gasteiger partial charge in [0.05, 0.1) is 0 Å². The second kappa shape index (κ2) is 6.21. The summed E-state index contributed by atoms with van der Waals surface area (Å²) in [6.07, 6.45) is 5.01. The van der Waals surface area contributed by atoms with Gasteiger partial charge in [-0.05, 0) is 58.0 Å². The summed E-state index contributed by atoms with van der Waals surface area (Å²) in [7, 11) is 2.22. The van der Waals surface area contributed by atoms with Crippen LogP contribution in [0.2, 0.25) is 0 Å². The van der Waals surface area contributed by atoms with E-state index in [1.54, 1.807) is 0 Å². The zero-order chi connectivity index (χ0) is 16.8. The maximum atomic E-state index is 4.80. The molecule has 0 atom stereocenters. The normalized spacial score (nSPS) is 23.3. The lowest BCUT2D eigenvalue weighted by Gasteiger charge is -2.41. The number of piperidine rings is 1. The highest BCUT2D eigenvalue weighted by molar-refractivity contribution is 5.47. The summed E-state index contributed by atoms with van der Waals surface area (Å²) >= 11 is 0. The van der Waals surface area contributed by atoms with E-state index in [1.165, 1.54) is 38.8 Å². The zero-order valence-electron chi connectivity index (χ0n) is 14.9. The lowest BCUT2D eigenvalue weighted by Crippen LogP contribution is -2.53. The first-order chi connectivity index (χ1) is 12.3. The molecular formula is C18H27N7. The first-order valence-corrected chi connectivity index (χ1v) is 9.65. The van der Waals surface area contributed by atoms with Gasteiger partial charge in [-0.3, -0.25) is 0 Å². The summed E-state index contributed by atoms with van der Waals surface area (Å²) < 4.78 is 1.96. The van der Waals surface area contributed by atoms with Gasteiger partial charge < -0.3 is 15.1 Å². The number of fused-ring (bicyclic) bond motifs is 1. The van der Waals surface area contributed by atoms with Crippen molar-refractivity contribution in [3.63, 3.8) is 0 Å². The Morgan fingerprint density at radius 2 is 1.88 bits per heavy atom. The van der Waals surface area contributed by atoms with Crippen molar-refractivity contribution in [3.05, 3.63) is 18.0 Å². The molecule has 5 rings (SSSR count). The molecule has 0 bridgehead atoms. The second-order valence-corrected chi connectivity index (χ2v) is 8.05. The van der Waals surface area contributed by atoms with E-state index < -0.39 is 0 Å². The van der Waals surface area contributed by atoms with Crippen LogP contribution in [0, 0.1) is 5.92 Å². The van der Waals surface area contributed by atoms with E-state index in [1.807, 2.05) is 10.6 Å². The van der Waals surface area contributed by atoms with Crippen molar-refractivity contribution in [2.24, 2.45) is 5.92 Å². The van der Waals surface area contributed by atoms with E-state index in [9.17, 15) is 0 Å². The van der Waals surface area contributed by atoms with Crippen LogP contribution < -0.4 is 10.2 Å². The monoisotopic (exact) mass is 341 g/mol. The van der Waals surface area contributed by atoms with Crippen LogP contribution in [0.4, 0.5) is 5.82 Å². The molecule has 0 unspecified atom stereocenters. The molecule has 2 saturated heterocycles. The molecule has 4 heterocycles. The SMILES string of the molecule is CN1CCC(NCC2CN(c3ccc4nnc(C5CC5)n4n3)C2)CC1. The number of nitrogens with zero attached hydrogens (tertiary/aromatic N) is 6. The molecule has 0 spiro atoms. The largest absolute Gasteiger partial charge is 0.354 e. The van der Waals surface area contributed by atoms with Crippen molar-refractivity contribution in [1.29, 1.82) is 0 Å². The van der Waals surface area contributed by atoms with E-state index >= 15 is 0 Å². The van der Waals surface area contributed by atoms with Crippen LogP contribution in [0.3, 0.4) is 0 Å². The number of rotatable bonds is 5. The van der Waals surface area contributed by atoms with E-state index in [4.69, 9.17) is 5.10 Å². The van der Waals surface area contributed by atoms with E-state index in [0.29, 0.717) is 12.0 Å². The number of likely N-dealkylation sites (tertiary alicyclic amines) is 1. The summed E-state index contributed by atoms with van der Waals surface area (Å²) in [5, 5.41) is 17.1. The van der Waals surface area contributed by atoms with Gasteiger partial charge in [-0.2, -0.15) is 4.52 Å². The van der Waals surface area contributed by atoms with Crippen LogP contribution in [0.15, 0.2) is 12.1 Å². The zero-order valence-corrected chi connectivity index (χ0v) is 14.9. The predicted octanol–water partition coefficient (Wildman–Crippen LogP) is 1.12. The molecule has 0 amide bonds. The standard InChI is InChI=1S/C18H27N7/c1-23-8-6-15(7-9-23)19-10-13-11-24(12-13)17-5-4-16-20-21-18(14-2-3-14)25(16)22-17/h4-5,13-15,19H,2-3,6-12H2,1H3. The molecule has 3 fully saturated rings. The Labute approximate surface area is 148 Å². The predicted molar refractivity (Wildman–Crippen MR) is 97.0 cm³/mol. The maximum Gasteiger partial charge on any atom is 0.178 e. The Bertz CT molecular complexity index is 739. The fourth-order valence-corrected chi connectivity index (χ4v) is 3.99. The molecule has 1 aliphatic carbocycles. The number of hydrogen-bond acceptors (Lipinski definition) is 6. The van der Waals surface area contributed by atoms with E-state index in [0.717, 1.165) is 42.8 Å². The third-order valence-corrected chi connectivity index (χ3v) is 5.91. The summed E-state index contributed by atoms with van der Waals surface area (Å²) in [6.45, 7) is 5.77. The molecule has 3 aliphatic rings. The first kappa shape index (κ1) is 15.5. The maximum absolute atomic E-state index is 4.80. The summed E-state index contributed by atoms with van der Waals surface area (Å²) in [4.78, 5) is 4.79. The van der Waals surface area contributed by atoms with Crippen molar-refractivity contribution < 1.29 is 0 Å². The quantitative estimate of drug-likeness (QED) is 0.879. The molecule has 7 nitrogen and oxygen atoms in total. The Balaban J connectivity index is 1.16. The summed E-state index contributed by atoms with van der Waals surface area (Å²) in [6, 6.07) is 4.84. The number of hydrogen-bond donors (Lipinski definition) is 1. The lowest BCUT2D eigenvalue weighted by molar-refractivity contribution is 0.225. The molecule has 0 aromatic carbocycles. The van der Waals surface area contributed by atoms with Crippen LogP contribution in [0.1, 0.15) is 37.4 Å². The molecule has 0 radical (unpaired) electrons. The van der Waals surface area contributed by atoms with Gasteiger partial charge in [-0.15, -0.1) is 15.3 Å². The highest BCUT2D eigenvalue weighted by atomic mass is 15.4. The van der Waals surface area contributed by atoms with Crippen LogP contribution in [0.25, 0.3) is 5.65 Å². The average Bonchev–Trinajstić information content (AvgIpc) is 3.34. The topological polar surface area (TPSA) is 61.6 Å². The van der Waals surface area contributed by atoms with E-state index in [2.05, 4.69) is 38.4 Å². The van der Waals surface area contributed by atoms with Crippen molar-refractivity contribution in [2.75, 3.05) is 44.7 Å². The minimum absolute atomic E-state index is 0.570. The summed E-state index contributed by atoms with van der Waals surface area (Å²) in [5.74, 6) is 3.41. The molecule has 134 valence electrons. The van der Waals surface area contributed by atoms with Gasteiger partial charge in [0, 0.05) is 37.5 Å². The smallest absolute Gasteiger partial charge is 0.178 e.